The van der Waals surface area contributed by atoms with Gasteiger partial charge in [-0.2, -0.15) is 0 Å². The third-order valence-electron chi connectivity index (χ3n) is 3.13. The van der Waals surface area contributed by atoms with Crippen LogP contribution in [0, 0.1) is 0 Å². The Morgan fingerprint density at radius 3 is 2.65 bits per heavy atom. The number of nitrogens with one attached hydrogen (secondary N) is 1. The van der Waals surface area contributed by atoms with E-state index in [4.69, 9.17) is 11.6 Å². The van der Waals surface area contributed by atoms with Gasteiger partial charge < -0.3 is 5.32 Å². The number of halogens is 1. The number of benzene rings is 1. The molecule has 2 aromatic rings. The predicted octanol–water partition coefficient (Wildman–Crippen LogP) is 3.25. The van der Waals surface area contributed by atoms with Gasteiger partial charge in [0.15, 0.2) is 5.16 Å². The van der Waals surface area contributed by atoms with E-state index in [-0.39, 0.29) is 29.3 Å². The number of amides is 1. The van der Waals surface area contributed by atoms with E-state index in [2.05, 4.69) is 10.3 Å². The Bertz CT molecular complexity index is 787. The third kappa shape index (κ3) is 4.26. The Morgan fingerprint density at radius 1 is 1.35 bits per heavy atom. The van der Waals surface area contributed by atoms with Crippen molar-refractivity contribution in [3.8, 4) is 0 Å². The van der Waals surface area contributed by atoms with E-state index in [9.17, 15) is 9.59 Å². The molecule has 0 aliphatic rings. The Hall–Kier alpha value is -1.53. The van der Waals surface area contributed by atoms with Gasteiger partial charge in [0.2, 0.25) is 5.91 Å². The summed E-state index contributed by atoms with van der Waals surface area (Å²) in [4.78, 5) is 29.1. The fourth-order valence-electron chi connectivity index (χ4n) is 2.20. The van der Waals surface area contributed by atoms with Gasteiger partial charge in [-0.1, -0.05) is 23.4 Å². The first-order valence-corrected chi connectivity index (χ1v) is 8.80. The zero-order valence-corrected chi connectivity index (χ0v) is 15.2. The summed E-state index contributed by atoms with van der Waals surface area (Å²) in [6, 6.07) is 5.07. The smallest absolute Gasteiger partial charge is 0.262 e. The molecule has 1 heterocycles. The second kappa shape index (κ2) is 7.36. The van der Waals surface area contributed by atoms with E-state index >= 15 is 0 Å². The molecule has 0 radical (unpaired) electrons. The number of aromatic nitrogens is 2. The number of carbonyl (C=O) groups is 1. The van der Waals surface area contributed by atoms with Crippen molar-refractivity contribution in [2.24, 2.45) is 0 Å². The number of hydrogen-bond donors (Lipinski definition) is 1. The van der Waals surface area contributed by atoms with E-state index in [1.807, 2.05) is 27.7 Å². The van der Waals surface area contributed by atoms with Crippen LogP contribution in [0.4, 0.5) is 0 Å². The molecule has 0 aliphatic carbocycles. The van der Waals surface area contributed by atoms with Crippen LogP contribution in [-0.4, -0.2) is 27.3 Å². The fourth-order valence-corrected chi connectivity index (χ4v) is 3.31. The molecule has 0 spiro atoms. The lowest BCUT2D eigenvalue weighted by molar-refractivity contribution is -0.119. The van der Waals surface area contributed by atoms with Crippen molar-refractivity contribution in [1.29, 1.82) is 0 Å². The normalized spacial score (nSPS) is 11.4. The zero-order chi connectivity index (χ0) is 17.1. The van der Waals surface area contributed by atoms with Crippen LogP contribution in [0.25, 0.3) is 10.9 Å². The van der Waals surface area contributed by atoms with Gasteiger partial charge >= 0.3 is 0 Å². The molecule has 1 amide bonds. The van der Waals surface area contributed by atoms with Crippen LogP contribution in [0.15, 0.2) is 28.2 Å². The van der Waals surface area contributed by atoms with Crippen LogP contribution >= 0.6 is 23.4 Å². The maximum absolute atomic E-state index is 12.7. The van der Waals surface area contributed by atoms with E-state index in [1.165, 1.54) is 11.8 Å². The quantitative estimate of drug-likeness (QED) is 0.662. The Balaban J connectivity index is 2.42. The third-order valence-corrected chi connectivity index (χ3v) is 4.32. The fraction of sp³-hybridized carbons (Fsp3) is 0.438. The number of nitrogens with zero attached hydrogens (tertiary/aromatic N) is 2. The summed E-state index contributed by atoms with van der Waals surface area (Å²) in [5, 5.41) is 4.41. The van der Waals surface area contributed by atoms with Crippen LogP contribution < -0.4 is 10.9 Å². The molecule has 1 N–H and O–H groups in total. The Kier molecular flexibility index (Phi) is 5.70. The van der Waals surface area contributed by atoms with Gasteiger partial charge in [-0.3, -0.25) is 14.2 Å². The Labute approximate surface area is 144 Å². The minimum Gasteiger partial charge on any atom is -0.353 e. The molecule has 2 rings (SSSR count). The first-order valence-electron chi connectivity index (χ1n) is 7.43. The number of hydrogen-bond acceptors (Lipinski definition) is 4. The van der Waals surface area contributed by atoms with Crippen molar-refractivity contribution in [1.82, 2.24) is 14.9 Å². The summed E-state index contributed by atoms with van der Waals surface area (Å²) in [5.74, 6) is 0.129. The summed E-state index contributed by atoms with van der Waals surface area (Å²) in [5.41, 5.74) is 0.430. The molecular weight excluding hydrogens is 334 g/mol. The van der Waals surface area contributed by atoms with Crippen molar-refractivity contribution in [2.45, 2.75) is 44.9 Å². The molecule has 124 valence electrons. The number of thioether (sulfide) groups is 1. The molecule has 0 fully saturated rings. The van der Waals surface area contributed by atoms with E-state index in [0.717, 1.165) is 0 Å². The average molecular weight is 354 g/mol. The van der Waals surface area contributed by atoms with Gasteiger partial charge in [-0.25, -0.2) is 4.98 Å². The van der Waals surface area contributed by atoms with Crippen LogP contribution in [0.1, 0.15) is 33.7 Å². The highest BCUT2D eigenvalue weighted by atomic mass is 35.5. The second-order valence-corrected chi connectivity index (χ2v) is 7.21. The Morgan fingerprint density at radius 2 is 2.04 bits per heavy atom. The van der Waals surface area contributed by atoms with Crippen molar-refractivity contribution in [3.05, 3.63) is 33.6 Å². The molecule has 7 heteroatoms. The predicted molar refractivity (Wildman–Crippen MR) is 95.4 cm³/mol. The molecule has 0 aliphatic heterocycles. The zero-order valence-electron chi connectivity index (χ0n) is 13.6. The minimum atomic E-state index is -0.117. The largest absolute Gasteiger partial charge is 0.353 e. The lowest BCUT2D eigenvalue weighted by Crippen LogP contribution is -2.32. The molecular formula is C16H20ClN3O2S. The molecule has 0 unspecified atom stereocenters. The lowest BCUT2D eigenvalue weighted by atomic mass is 10.2. The van der Waals surface area contributed by atoms with Gasteiger partial charge in [0, 0.05) is 17.1 Å². The van der Waals surface area contributed by atoms with Crippen molar-refractivity contribution in [3.63, 3.8) is 0 Å². The maximum Gasteiger partial charge on any atom is 0.262 e. The average Bonchev–Trinajstić information content (AvgIpc) is 2.43. The molecule has 0 saturated heterocycles. The lowest BCUT2D eigenvalue weighted by Gasteiger charge is -2.16. The first kappa shape index (κ1) is 17.8. The monoisotopic (exact) mass is 353 g/mol. The van der Waals surface area contributed by atoms with Crippen LogP contribution in [0.5, 0.6) is 0 Å². The number of carbonyl (C=O) groups excluding carboxylic acids is 1. The molecule has 0 bridgehead atoms. The van der Waals surface area contributed by atoms with Gasteiger partial charge in [0.1, 0.15) is 0 Å². The summed E-state index contributed by atoms with van der Waals surface area (Å²) in [7, 11) is 0. The van der Waals surface area contributed by atoms with Crippen molar-refractivity contribution in [2.75, 3.05) is 5.75 Å². The molecule has 0 saturated carbocycles. The van der Waals surface area contributed by atoms with Crippen molar-refractivity contribution >= 4 is 40.2 Å². The minimum absolute atomic E-state index is 0.0502. The second-order valence-electron chi connectivity index (χ2n) is 5.84. The van der Waals surface area contributed by atoms with Crippen LogP contribution in [0.3, 0.4) is 0 Å². The van der Waals surface area contributed by atoms with Crippen LogP contribution in [0.2, 0.25) is 5.02 Å². The van der Waals surface area contributed by atoms with Gasteiger partial charge in [-0.05, 0) is 45.9 Å². The highest BCUT2D eigenvalue weighted by Gasteiger charge is 2.15. The highest BCUT2D eigenvalue weighted by molar-refractivity contribution is 7.99. The summed E-state index contributed by atoms with van der Waals surface area (Å²) < 4.78 is 1.61. The SMILES string of the molecule is CC(C)NC(=O)CSc1nc2cc(Cl)ccc2c(=O)n1C(C)C. The van der Waals surface area contributed by atoms with E-state index < -0.39 is 0 Å². The van der Waals surface area contributed by atoms with Gasteiger partial charge in [-0.15, -0.1) is 0 Å². The molecule has 23 heavy (non-hydrogen) atoms. The topological polar surface area (TPSA) is 64.0 Å². The van der Waals surface area contributed by atoms with E-state index in [0.29, 0.717) is 21.1 Å². The van der Waals surface area contributed by atoms with Gasteiger partial charge in [0.05, 0.1) is 16.7 Å². The summed E-state index contributed by atoms with van der Waals surface area (Å²) in [6.07, 6.45) is 0. The number of rotatable bonds is 5. The van der Waals surface area contributed by atoms with Gasteiger partial charge in [0.25, 0.3) is 5.56 Å². The summed E-state index contributed by atoms with van der Waals surface area (Å²) in [6.45, 7) is 7.65. The van der Waals surface area contributed by atoms with E-state index in [1.54, 1.807) is 22.8 Å². The molecule has 0 atom stereocenters. The molecule has 5 nitrogen and oxygen atoms in total. The first-order chi connectivity index (χ1) is 10.8. The van der Waals surface area contributed by atoms with Crippen LogP contribution in [-0.2, 0) is 4.79 Å². The summed E-state index contributed by atoms with van der Waals surface area (Å²) >= 11 is 7.25. The highest BCUT2D eigenvalue weighted by Crippen LogP contribution is 2.22. The molecule has 1 aromatic carbocycles. The standard InChI is InChI=1S/C16H20ClN3O2S/c1-9(2)18-14(21)8-23-16-19-13-7-11(17)5-6-12(13)15(22)20(16)10(3)4/h5-7,9-10H,8H2,1-4H3,(H,18,21). The molecule has 1 aromatic heterocycles. The van der Waals surface area contributed by atoms with Crippen molar-refractivity contribution < 1.29 is 4.79 Å². The maximum atomic E-state index is 12.7. The number of fused-ring (bicyclic) bond motifs is 1.